The van der Waals surface area contributed by atoms with Crippen molar-refractivity contribution in [2.45, 2.75) is 238 Å². The zero-order valence-corrected chi connectivity index (χ0v) is 37.8. The number of unbranched alkanes of at least 4 members (excludes halogenated alkanes) is 25. The quantitative estimate of drug-likeness (QED) is 0.0379. The molecule has 0 aromatic rings. The lowest BCUT2D eigenvalue weighted by molar-refractivity contribution is -0.154. The maximum atomic E-state index is 12.3. The van der Waals surface area contributed by atoms with Gasteiger partial charge in [0.2, 0.25) is 0 Å². The fourth-order valence-electron chi connectivity index (χ4n) is 6.88. The van der Waals surface area contributed by atoms with Crippen molar-refractivity contribution in [2.24, 2.45) is 0 Å². The summed E-state index contributed by atoms with van der Waals surface area (Å²) in [6, 6.07) is 0. The minimum absolute atomic E-state index is 0.175. The summed E-state index contributed by atoms with van der Waals surface area (Å²) in [6.07, 6.45) is 68.4. The first-order valence-corrected chi connectivity index (χ1v) is 24.5. The topological polar surface area (TPSA) is 55.8 Å². The molecule has 0 saturated carbocycles. The maximum absolute atomic E-state index is 12.3. The number of hydrogen-bond donors (Lipinski definition) is 1. The average Bonchev–Trinajstić information content (AvgIpc) is 3.22. The van der Waals surface area contributed by atoms with E-state index in [1.54, 1.807) is 0 Å². The van der Waals surface area contributed by atoms with Gasteiger partial charge in [-0.2, -0.15) is 0 Å². The Kier molecular flexibility index (Phi) is 48.1. The molecule has 1 atom stereocenters. The number of ether oxygens (including phenoxy) is 2. The summed E-state index contributed by atoms with van der Waals surface area (Å²) in [5.41, 5.74) is 0. The molecule has 1 N–H and O–H groups in total. The second kappa shape index (κ2) is 50.0. The van der Waals surface area contributed by atoms with Gasteiger partial charge in [0, 0.05) is 13.0 Å². The molecule has 0 fully saturated rings. The largest absolute Gasteiger partial charge is 0.457 e. The van der Waals surface area contributed by atoms with Crippen molar-refractivity contribution >= 4 is 5.97 Å². The number of carbonyl (C=O) groups excluding carboxylic acids is 1. The highest BCUT2D eigenvalue weighted by Crippen LogP contribution is 2.15. The Morgan fingerprint density at radius 3 is 1.19 bits per heavy atom. The molecule has 4 heteroatoms. The first-order valence-electron chi connectivity index (χ1n) is 24.5. The minimum Gasteiger partial charge on any atom is -0.457 e. The summed E-state index contributed by atoms with van der Waals surface area (Å²) in [7, 11) is 0. The molecule has 0 aromatic heterocycles. The molecule has 57 heavy (non-hydrogen) atoms. The number of rotatable bonds is 45. The predicted octanol–water partition coefficient (Wildman–Crippen LogP) is 16.5. The van der Waals surface area contributed by atoms with Gasteiger partial charge in [-0.1, -0.05) is 215 Å². The van der Waals surface area contributed by atoms with Crippen molar-refractivity contribution in [3.63, 3.8) is 0 Å². The lowest BCUT2D eigenvalue weighted by Crippen LogP contribution is -2.27. The Morgan fingerprint density at radius 1 is 0.439 bits per heavy atom. The van der Waals surface area contributed by atoms with E-state index in [4.69, 9.17) is 9.47 Å². The van der Waals surface area contributed by atoms with Crippen LogP contribution in [-0.2, 0) is 14.3 Å². The Morgan fingerprint density at radius 2 is 0.789 bits per heavy atom. The van der Waals surface area contributed by atoms with Crippen molar-refractivity contribution < 1.29 is 19.4 Å². The lowest BCUT2D eigenvalue weighted by Gasteiger charge is -2.16. The van der Waals surface area contributed by atoms with Gasteiger partial charge < -0.3 is 14.6 Å². The summed E-state index contributed by atoms with van der Waals surface area (Å²) in [6.45, 7) is 5.22. The molecule has 330 valence electrons. The van der Waals surface area contributed by atoms with E-state index in [0.717, 1.165) is 51.4 Å². The monoisotopic (exact) mass is 795 g/mol. The number of aliphatic hydroxyl groups is 1. The van der Waals surface area contributed by atoms with E-state index in [0.29, 0.717) is 19.6 Å². The molecule has 0 rings (SSSR count). The molecule has 0 heterocycles. The summed E-state index contributed by atoms with van der Waals surface area (Å²) in [4.78, 5) is 12.3. The molecule has 0 saturated heterocycles. The third-order valence-electron chi connectivity index (χ3n) is 10.5. The predicted molar refractivity (Wildman–Crippen MR) is 251 cm³/mol. The van der Waals surface area contributed by atoms with E-state index in [9.17, 15) is 9.90 Å². The first-order chi connectivity index (χ1) is 28.2. The third-order valence-corrected chi connectivity index (χ3v) is 10.5. The van der Waals surface area contributed by atoms with E-state index in [1.807, 2.05) is 0 Å². The average molecular weight is 795 g/mol. The van der Waals surface area contributed by atoms with Gasteiger partial charge in [0.1, 0.15) is 6.10 Å². The molecule has 4 nitrogen and oxygen atoms in total. The van der Waals surface area contributed by atoms with Crippen molar-refractivity contribution in [3.05, 3.63) is 72.9 Å². The van der Waals surface area contributed by atoms with Crippen LogP contribution in [0.5, 0.6) is 0 Å². The summed E-state index contributed by atoms with van der Waals surface area (Å²) < 4.78 is 11.2. The van der Waals surface area contributed by atoms with Crippen molar-refractivity contribution in [1.29, 1.82) is 0 Å². The lowest BCUT2D eigenvalue weighted by atomic mass is 10.0. The van der Waals surface area contributed by atoms with E-state index in [1.165, 1.54) is 161 Å². The molecule has 0 aliphatic heterocycles. The van der Waals surface area contributed by atoms with E-state index in [2.05, 4.69) is 86.8 Å². The van der Waals surface area contributed by atoms with Gasteiger partial charge in [-0.3, -0.25) is 4.79 Å². The number of carbonyl (C=O) groups is 1. The van der Waals surface area contributed by atoms with Gasteiger partial charge in [0.25, 0.3) is 0 Å². The molecule has 0 aliphatic carbocycles. The van der Waals surface area contributed by atoms with Crippen LogP contribution in [0.4, 0.5) is 0 Å². The Hall–Kier alpha value is -2.17. The van der Waals surface area contributed by atoms with Crippen LogP contribution in [0.1, 0.15) is 232 Å². The summed E-state index contributed by atoms with van der Waals surface area (Å²) in [5, 5.41) is 9.64. The van der Waals surface area contributed by atoms with Gasteiger partial charge in [-0.15, -0.1) is 0 Å². The van der Waals surface area contributed by atoms with Crippen LogP contribution in [0.25, 0.3) is 0 Å². The highest BCUT2D eigenvalue weighted by Gasteiger charge is 2.13. The molecular formula is C53H94O4. The van der Waals surface area contributed by atoms with E-state index >= 15 is 0 Å². The zero-order valence-electron chi connectivity index (χ0n) is 37.8. The SMILES string of the molecule is CC/C=C\C/C=C\C/C=C\C/C=C\CCCCCCCCCCCCCCC(=O)OC(CO)COCCCCCCCCCCCC/C=C\C/C=C\CCCCC. The molecule has 0 aliphatic rings. The Labute approximate surface area is 355 Å². The van der Waals surface area contributed by atoms with Gasteiger partial charge in [-0.25, -0.2) is 0 Å². The zero-order chi connectivity index (χ0) is 41.2. The molecule has 0 amide bonds. The first kappa shape index (κ1) is 54.8. The number of aliphatic hydroxyl groups excluding tert-OH is 1. The normalized spacial score (nSPS) is 13.0. The molecule has 0 aromatic carbocycles. The van der Waals surface area contributed by atoms with Crippen LogP contribution in [0.2, 0.25) is 0 Å². The standard InChI is InChI=1S/C53H94O4/c1-3-5-7-9-11-13-15-17-19-21-23-25-26-27-28-29-30-32-34-36-38-40-42-44-46-48-53(55)57-52(50-54)51-56-49-47-45-43-41-39-37-35-33-31-24-22-20-18-16-14-12-10-8-6-4-2/h5,7,11-14,17-20,23,25,52,54H,3-4,6,8-10,15-16,21-22,24,26-51H2,1-2H3/b7-5-,13-11-,14-12-,19-17-,20-18-,25-23-. The maximum Gasteiger partial charge on any atom is 0.306 e. The molecule has 1 unspecified atom stereocenters. The number of allylic oxidation sites excluding steroid dienone is 12. The smallest absolute Gasteiger partial charge is 0.306 e. The number of hydrogen-bond acceptors (Lipinski definition) is 4. The van der Waals surface area contributed by atoms with Gasteiger partial charge >= 0.3 is 5.97 Å². The second-order valence-corrected chi connectivity index (χ2v) is 16.2. The molecular weight excluding hydrogens is 701 g/mol. The van der Waals surface area contributed by atoms with Gasteiger partial charge in [0.05, 0.1) is 13.2 Å². The van der Waals surface area contributed by atoms with Crippen LogP contribution in [0, 0.1) is 0 Å². The third kappa shape index (κ3) is 48.1. The fraction of sp³-hybridized carbons (Fsp3) is 0.755. The van der Waals surface area contributed by atoms with Crippen LogP contribution in [-0.4, -0.2) is 37.0 Å². The summed E-state index contributed by atoms with van der Waals surface area (Å²) in [5.74, 6) is -0.204. The van der Waals surface area contributed by atoms with Crippen LogP contribution < -0.4 is 0 Å². The fourth-order valence-corrected chi connectivity index (χ4v) is 6.88. The molecule has 0 radical (unpaired) electrons. The highest BCUT2D eigenvalue weighted by atomic mass is 16.6. The number of esters is 1. The molecule has 0 spiro atoms. The van der Waals surface area contributed by atoms with Crippen LogP contribution >= 0.6 is 0 Å². The van der Waals surface area contributed by atoms with Gasteiger partial charge in [-0.05, 0) is 83.5 Å². The molecule has 0 bridgehead atoms. The van der Waals surface area contributed by atoms with Crippen LogP contribution in [0.3, 0.4) is 0 Å². The van der Waals surface area contributed by atoms with Crippen LogP contribution in [0.15, 0.2) is 72.9 Å². The van der Waals surface area contributed by atoms with Crippen molar-refractivity contribution in [1.82, 2.24) is 0 Å². The van der Waals surface area contributed by atoms with Crippen molar-refractivity contribution in [3.8, 4) is 0 Å². The second-order valence-electron chi connectivity index (χ2n) is 16.2. The minimum atomic E-state index is -0.540. The van der Waals surface area contributed by atoms with Crippen molar-refractivity contribution in [2.75, 3.05) is 19.8 Å². The Bertz CT molecular complexity index is 973. The van der Waals surface area contributed by atoms with E-state index < -0.39 is 6.10 Å². The Balaban J connectivity index is 3.43. The van der Waals surface area contributed by atoms with E-state index in [-0.39, 0.29) is 12.6 Å². The van der Waals surface area contributed by atoms with Gasteiger partial charge in [0.15, 0.2) is 0 Å². The summed E-state index contributed by atoms with van der Waals surface area (Å²) >= 11 is 0. The highest BCUT2D eigenvalue weighted by molar-refractivity contribution is 5.69.